The van der Waals surface area contributed by atoms with Crippen LogP contribution in [0.1, 0.15) is 37.4 Å². The zero-order chi connectivity index (χ0) is 16.2. The van der Waals surface area contributed by atoms with Gasteiger partial charge in [0.25, 0.3) is 0 Å². The highest BCUT2D eigenvalue weighted by atomic mass is 35.5. The Balaban J connectivity index is 2.97. The Kier molecular flexibility index (Phi) is 6.49. The molecule has 0 bridgehead atoms. The molecule has 1 heterocycles. The van der Waals surface area contributed by atoms with Crippen molar-refractivity contribution < 1.29 is 18.3 Å². The maximum atomic E-state index is 12.6. The number of aromatic nitrogens is 2. The number of rotatable bonds is 7. The van der Waals surface area contributed by atoms with Crippen LogP contribution in [0, 0.1) is 0 Å². The minimum atomic E-state index is -4.29. The molecule has 21 heavy (non-hydrogen) atoms. The standard InChI is InChI=1S/C13H21ClF3N3O/c1-9(2)11-10(12(14)19(3)18-11)7-20(5-4-6-21)8-13(15,16)17/h9,21H,4-8H2,1-3H3. The second kappa shape index (κ2) is 7.47. The average molecular weight is 328 g/mol. The van der Waals surface area contributed by atoms with Gasteiger partial charge in [0.05, 0.1) is 12.2 Å². The van der Waals surface area contributed by atoms with Gasteiger partial charge in [0.2, 0.25) is 0 Å². The Morgan fingerprint density at radius 3 is 2.48 bits per heavy atom. The molecule has 0 amide bonds. The van der Waals surface area contributed by atoms with Crippen LogP contribution in [0.3, 0.4) is 0 Å². The molecule has 0 saturated carbocycles. The van der Waals surface area contributed by atoms with E-state index >= 15 is 0 Å². The van der Waals surface area contributed by atoms with E-state index in [0.29, 0.717) is 16.4 Å². The van der Waals surface area contributed by atoms with Gasteiger partial charge < -0.3 is 5.11 Å². The van der Waals surface area contributed by atoms with E-state index in [1.54, 1.807) is 7.05 Å². The van der Waals surface area contributed by atoms with Crippen molar-refractivity contribution in [3.63, 3.8) is 0 Å². The fourth-order valence-corrected chi connectivity index (χ4v) is 2.36. The number of aryl methyl sites for hydroxylation is 1. The van der Waals surface area contributed by atoms with Gasteiger partial charge in [0.1, 0.15) is 5.15 Å². The molecule has 0 aromatic carbocycles. The van der Waals surface area contributed by atoms with E-state index in [1.165, 1.54) is 9.58 Å². The maximum Gasteiger partial charge on any atom is 0.401 e. The predicted molar refractivity (Wildman–Crippen MR) is 75.3 cm³/mol. The Morgan fingerprint density at radius 1 is 1.38 bits per heavy atom. The monoisotopic (exact) mass is 327 g/mol. The second-order valence-corrected chi connectivity index (χ2v) is 5.69. The van der Waals surface area contributed by atoms with E-state index in [1.807, 2.05) is 13.8 Å². The molecule has 1 aromatic heterocycles. The summed E-state index contributed by atoms with van der Waals surface area (Å²) < 4.78 is 39.4. The van der Waals surface area contributed by atoms with Crippen LogP contribution in [-0.4, -0.2) is 45.7 Å². The summed E-state index contributed by atoms with van der Waals surface area (Å²) >= 11 is 6.15. The van der Waals surface area contributed by atoms with Crippen molar-refractivity contribution in [3.8, 4) is 0 Å². The Morgan fingerprint density at radius 2 is 2.00 bits per heavy atom. The molecule has 0 fully saturated rings. The number of aliphatic hydroxyl groups excluding tert-OH is 1. The van der Waals surface area contributed by atoms with E-state index in [-0.39, 0.29) is 32.0 Å². The highest BCUT2D eigenvalue weighted by Crippen LogP contribution is 2.28. The van der Waals surface area contributed by atoms with E-state index in [9.17, 15) is 13.2 Å². The lowest BCUT2D eigenvalue weighted by molar-refractivity contribution is -0.147. The minimum Gasteiger partial charge on any atom is -0.396 e. The van der Waals surface area contributed by atoms with Gasteiger partial charge in [-0.3, -0.25) is 9.58 Å². The molecular formula is C13H21ClF3N3O. The normalized spacial score (nSPS) is 12.7. The topological polar surface area (TPSA) is 41.3 Å². The first-order chi connectivity index (χ1) is 9.65. The summed E-state index contributed by atoms with van der Waals surface area (Å²) in [7, 11) is 1.67. The quantitative estimate of drug-likeness (QED) is 0.837. The fraction of sp³-hybridized carbons (Fsp3) is 0.769. The summed E-state index contributed by atoms with van der Waals surface area (Å²) in [6.45, 7) is 2.88. The molecule has 122 valence electrons. The van der Waals surface area contributed by atoms with Crippen LogP contribution in [0.5, 0.6) is 0 Å². The molecule has 0 spiro atoms. The largest absolute Gasteiger partial charge is 0.401 e. The number of halogens is 4. The highest BCUT2D eigenvalue weighted by Gasteiger charge is 2.31. The lowest BCUT2D eigenvalue weighted by Gasteiger charge is -2.23. The van der Waals surface area contributed by atoms with Gasteiger partial charge in [-0.25, -0.2) is 0 Å². The zero-order valence-corrected chi connectivity index (χ0v) is 13.2. The smallest absolute Gasteiger partial charge is 0.396 e. The molecule has 1 aromatic rings. The van der Waals surface area contributed by atoms with Gasteiger partial charge in [0, 0.05) is 32.3 Å². The van der Waals surface area contributed by atoms with Crippen LogP contribution in [0.4, 0.5) is 13.2 Å². The Hall–Kier alpha value is -0.790. The number of hydrogen-bond acceptors (Lipinski definition) is 3. The molecule has 4 nitrogen and oxygen atoms in total. The van der Waals surface area contributed by atoms with Crippen molar-refractivity contribution >= 4 is 11.6 Å². The van der Waals surface area contributed by atoms with E-state index in [2.05, 4.69) is 5.10 Å². The van der Waals surface area contributed by atoms with E-state index < -0.39 is 12.7 Å². The number of nitrogens with zero attached hydrogens (tertiary/aromatic N) is 3. The summed E-state index contributed by atoms with van der Waals surface area (Å²) in [5.74, 6) is 0.0734. The molecule has 1 N–H and O–H groups in total. The van der Waals surface area contributed by atoms with Gasteiger partial charge in [-0.15, -0.1) is 0 Å². The van der Waals surface area contributed by atoms with E-state index in [0.717, 1.165) is 0 Å². The lowest BCUT2D eigenvalue weighted by Crippen LogP contribution is -2.35. The van der Waals surface area contributed by atoms with Crippen molar-refractivity contribution in [2.45, 2.75) is 38.9 Å². The van der Waals surface area contributed by atoms with Crippen LogP contribution >= 0.6 is 11.6 Å². The van der Waals surface area contributed by atoms with Crippen LogP contribution in [0.2, 0.25) is 5.15 Å². The molecule has 0 unspecified atom stereocenters. The van der Waals surface area contributed by atoms with Gasteiger partial charge in [-0.05, 0) is 12.3 Å². The fourth-order valence-electron chi connectivity index (χ4n) is 2.16. The molecular weight excluding hydrogens is 307 g/mol. The van der Waals surface area contributed by atoms with Gasteiger partial charge in [-0.1, -0.05) is 25.4 Å². The SMILES string of the molecule is CC(C)c1nn(C)c(Cl)c1CN(CCCO)CC(F)(F)F. The maximum absolute atomic E-state index is 12.6. The first-order valence-corrected chi connectivity index (χ1v) is 7.14. The Labute approximate surface area is 127 Å². The number of alkyl halides is 3. The molecule has 1 rings (SSSR count). The zero-order valence-electron chi connectivity index (χ0n) is 12.4. The second-order valence-electron chi connectivity index (χ2n) is 5.34. The third-order valence-electron chi connectivity index (χ3n) is 3.06. The average Bonchev–Trinajstić information content (AvgIpc) is 2.62. The van der Waals surface area contributed by atoms with Gasteiger partial charge in [-0.2, -0.15) is 18.3 Å². The third-order valence-corrected chi connectivity index (χ3v) is 3.54. The van der Waals surface area contributed by atoms with Crippen molar-refractivity contribution in [2.24, 2.45) is 7.05 Å². The van der Waals surface area contributed by atoms with Gasteiger partial charge >= 0.3 is 6.18 Å². The summed E-state index contributed by atoms with van der Waals surface area (Å²) in [4.78, 5) is 1.24. The predicted octanol–water partition coefficient (Wildman–Crippen LogP) is 2.94. The summed E-state index contributed by atoms with van der Waals surface area (Å²) in [5.41, 5.74) is 1.33. The van der Waals surface area contributed by atoms with Crippen molar-refractivity contribution in [1.82, 2.24) is 14.7 Å². The molecule has 8 heteroatoms. The van der Waals surface area contributed by atoms with Crippen LogP contribution < -0.4 is 0 Å². The van der Waals surface area contributed by atoms with Crippen molar-refractivity contribution in [1.29, 1.82) is 0 Å². The molecule has 0 aliphatic carbocycles. The molecule has 0 radical (unpaired) electrons. The first kappa shape index (κ1) is 18.3. The highest BCUT2D eigenvalue weighted by molar-refractivity contribution is 6.30. The lowest BCUT2D eigenvalue weighted by atomic mass is 10.1. The van der Waals surface area contributed by atoms with Crippen molar-refractivity contribution in [3.05, 3.63) is 16.4 Å². The Bertz CT molecular complexity index is 460. The minimum absolute atomic E-state index is 0.0691. The summed E-state index contributed by atoms with van der Waals surface area (Å²) in [6.07, 6.45) is -4.01. The molecule has 0 aliphatic heterocycles. The summed E-state index contributed by atoms with van der Waals surface area (Å²) in [5, 5.41) is 13.5. The van der Waals surface area contributed by atoms with Crippen molar-refractivity contribution in [2.75, 3.05) is 19.7 Å². The summed E-state index contributed by atoms with van der Waals surface area (Å²) in [6, 6.07) is 0. The third kappa shape index (κ3) is 5.48. The van der Waals surface area contributed by atoms with Crippen LogP contribution in [-0.2, 0) is 13.6 Å². The van der Waals surface area contributed by atoms with Crippen LogP contribution in [0.15, 0.2) is 0 Å². The molecule has 0 saturated heterocycles. The molecule has 0 atom stereocenters. The van der Waals surface area contributed by atoms with Gasteiger partial charge in [0.15, 0.2) is 0 Å². The molecule has 0 aliphatic rings. The van der Waals surface area contributed by atoms with E-state index in [4.69, 9.17) is 16.7 Å². The number of aliphatic hydroxyl groups is 1. The first-order valence-electron chi connectivity index (χ1n) is 6.77. The number of hydrogen-bond donors (Lipinski definition) is 1. The van der Waals surface area contributed by atoms with Crippen LogP contribution in [0.25, 0.3) is 0 Å².